The zero-order valence-electron chi connectivity index (χ0n) is 15.8. The topological polar surface area (TPSA) is 58.6 Å². The number of fused-ring (bicyclic) bond motifs is 1. The number of carbonyl (C=O) groups excluding carboxylic acids is 2. The van der Waals surface area contributed by atoms with Crippen LogP contribution < -0.4 is 15.0 Å². The van der Waals surface area contributed by atoms with E-state index in [1.54, 1.807) is 35.2 Å². The van der Waals surface area contributed by atoms with Crippen molar-refractivity contribution >= 4 is 34.8 Å². The van der Waals surface area contributed by atoms with E-state index in [9.17, 15) is 9.59 Å². The summed E-state index contributed by atoms with van der Waals surface area (Å²) in [5.41, 5.74) is 4.07. The van der Waals surface area contributed by atoms with E-state index in [1.807, 2.05) is 43.3 Å². The Balaban J connectivity index is 1.35. The van der Waals surface area contributed by atoms with E-state index in [4.69, 9.17) is 16.3 Å². The maximum absolute atomic E-state index is 12.6. The average Bonchev–Trinajstić information content (AvgIpc) is 3.06. The first kappa shape index (κ1) is 19.0. The molecule has 0 aliphatic carbocycles. The van der Waals surface area contributed by atoms with E-state index >= 15 is 0 Å². The molecule has 146 valence electrons. The van der Waals surface area contributed by atoms with Crippen LogP contribution in [-0.4, -0.2) is 18.4 Å². The SMILES string of the molecule is Cc1cc(OCC(=O)Nc2ccc(N3Cc4ccccc4C3=O)cc2)ccc1Cl. The Morgan fingerprint density at radius 3 is 2.59 bits per heavy atom. The van der Waals surface area contributed by atoms with E-state index in [1.165, 1.54) is 0 Å². The highest BCUT2D eigenvalue weighted by Crippen LogP contribution is 2.29. The first-order chi connectivity index (χ1) is 14.0. The number of benzene rings is 3. The highest BCUT2D eigenvalue weighted by molar-refractivity contribution is 6.31. The predicted molar refractivity (Wildman–Crippen MR) is 114 cm³/mol. The van der Waals surface area contributed by atoms with Crippen molar-refractivity contribution in [3.8, 4) is 5.75 Å². The predicted octanol–water partition coefficient (Wildman–Crippen LogP) is 4.83. The lowest BCUT2D eigenvalue weighted by Crippen LogP contribution is -2.23. The van der Waals surface area contributed by atoms with Gasteiger partial charge in [-0.3, -0.25) is 9.59 Å². The number of halogens is 1. The molecule has 1 N–H and O–H groups in total. The molecule has 3 aromatic rings. The summed E-state index contributed by atoms with van der Waals surface area (Å²) in [4.78, 5) is 26.4. The van der Waals surface area contributed by atoms with E-state index in [2.05, 4.69) is 5.32 Å². The molecule has 1 heterocycles. The molecule has 0 radical (unpaired) electrons. The fourth-order valence-electron chi connectivity index (χ4n) is 3.24. The van der Waals surface area contributed by atoms with Gasteiger partial charge in [-0.2, -0.15) is 0 Å². The van der Waals surface area contributed by atoms with Crippen molar-refractivity contribution in [1.29, 1.82) is 0 Å². The summed E-state index contributed by atoms with van der Waals surface area (Å²) < 4.78 is 5.51. The molecule has 1 aliphatic heterocycles. The van der Waals surface area contributed by atoms with Crippen LogP contribution in [0.25, 0.3) is 0 Å². The van der Waals surface area contributed by atoms with Crippen LogP contribution in [-0.2, 0) is 11.3 Å². The van der Waals surface area contributed by atoms with Gasteiger partial charge in [0, 0.05) is 22.0 Å². The van der Waals surface area contributed by atoms with Crippen LogP contribution in [0.4, 0.5) is 11.4 Å². The van der Waals surface area contributed by atoms with Gasteiger partial charge < -0.3 is 15.0 Å². The normalized spacial score (nSPS) is 12.6. The first-order valence-electron chi connectivity index (χ1n) is 9.20. The van der Waals surface area contributed by atoms with Crippen LogP contribution in [0.5, 0.6) is 5.75 Å². The second-order valence-corrected chi connectivity index (χ2v) is 7.25. The lowest BCUT2D eigenvalue weighted by atomic mass is 10.1. The number of anilines is 2. The van der Waals surface area contributed by atoms with Crippen LogP contribution in [0.2, 0.25) is 5.02 Å². The average molecular weight is 407 g/mol. The van der Waals surface area contributed by atoms with E-state index in [0.717, 1.165) is 22.4 Å². The molecular weight excluding hydrogens is 388 g/mol. The Hall–Kier alpha value is -3.31. The number of nitrogens with zero attached hydrogens (tertiary/aromatic N) is 1. The number of hydrogen-bond acceptors (Lipinski definition) is 3. The van der Waals surface area contributed by atoms with Crippen LogP contribution in [0, 0.1) is 6.92 Å². The van der Waals surface area contributed by atoms with Crippen molar-refractivity contribution < 1.29 is 14.3 Å². The summed E-state index contributed by atoms with van der Waals surface area (Å²) in [7, 11) is 0. The molecule has 4 rings (SSSR count). The van der Waals surface area contributed by atoms with Gasteiger partial charge in [-0.1, -0.05) is 29.8 Å². The smallest absolute Gasteiger partial charge is 0.262 e. The zero-order chi connectivity index (χ0) is 20.4. The lowest BCUT2D eigenvalue weighted by Gasteiger charge is -2.16. The second-order valence-electron chi connectivity index (χ2n) is 6.84. The Kier molecular flexibility index (Phi) is 5.23. The lowest BCUT2D eigenvalue weighted by molar-refractivity contribution is -0.118. The standard InChI is InChI=1S/C23H19ClN2O3/c1-15-12-19(10-11-21(15)24)29-14-22(27)25-17-6-8-18(9-7-17)26-13-16-4-2-3-5-20(16)23(26)28/h2-12H,13-14H2,1H3,(H,25,27). The number of nitrogens with one attached hydrogen (secondary N) is 1. The van der Waals surface area contributed by atoms with Gasteiger partial charge in [-0.25, -0.2) is 0 Å². The van der Waals surface area contributed by atoms with Gasteiger partial charge in [0.25, 0.3) is 11.8 Å². The van der Waals surface area contributed by atoms with Gasteiger partial charge in [0.05, 0.1) is 6.54 Å². The summed E-state index contributed by atoms with van der Waals surface area (Å²) in [5.74, 6) is 0.309. The molecule has 0 fully saturated rings. The minimum atomic E-state index is -0.269. The third kappa shape index (κ3) is 4.10. The molecule has 3 aromatic carbocycles. The van der Waals surface area contributed by atoms with Crippen molar-refractivity contribution in [3.05, 3.63) is 88.4 Å². The summed E-state index contributed by atoms with van der Waals surface area (Å²) in [6, 6.07) is 20.0. The maximum Gasteiger partial charge on any atom is 0.262 e. The molecule has 1 aliphatic rings. The van der Waals surface area contributed by atoms with Gasteiger partial charge in [-0.15, -0.1) is 0 Å². The molecular formula is C23H19ClN2O3. The summed E-state index contributed by atoms with van der Waals surface area (Å²) in [6.07, 6.45) is 0. The van der Waals surface area contributed by atoms with Crippen molar-refractivity contribution in [1.82, 2.24) is 0 Å². The van der Waals surface area contributed by atoms with Crippen LogP contribution in [0.1, 0.15) is 21.5 Å². The third-order valence-corrected chi connectivity index (χ3v) is 5.21. The van der Waals surface area contributed by atoms with Crippen LogP contribution >= 0.6 is 11.6 Å². The maximum atomic E-state index is 12.6. The van der Waals surface area contributed by atoms with Crippen LogP contribution in [0.15, 0.2) is 66.7 Å². The number of aryl methyl sites for hydroxylation is 1. The Labute approximate surface area is 173 Å². The molecule has 0 saturated carbocycles. The zero-order valence-corrected chi connectivity index (χ0v) is 16.6. The van der Waals surface area contributed by atoms with Gasteiger partial charge in [0.2, 0.25) is 0 Å². The van der Waals surface area contributed by atoms with Crippen molar-refractivity contribution in [2.45, 2.75) is 13.5 Å². The molecule has 0 spiro atoms. The number of hydrogen-bond donors (Lipinski definition) is 1. The quantitative estimate of drug-likeness (QED) is 0.660. The van der Waals surface area contributed by atoms with Crippen molar-refractivity contribution in [2.24, 2.45) is 0 Å². The fourth-order valence-corrected chi connectivity index (χ4v) is 3.36. The van der Waals surface area contributed by atoms with Gasteiger partial charge >= 0.3 is 0 Å². The Bertz CT molecular complexity index is 1080. The van der Waals surface area contributed by atoms with E-state index in [-0.39, 0.29) is 18.4 Å². The van der Waals surface area contributed by atoms with Gasteiger partial charge in [0.1, 0.15) is 5.75 Å². The molecule has 6 heteroatoms. The van der Waals surface area contributed by atoms with E-state index < -0.39 is 0 Å². The number of rotatable bonds is 5. The van der Waals surface area contributed by atoms with Crippen molar-refractivity contribution in [2.75, 3.05) is 16.8 Å². The van der Waals surface area contributed by atoms with Crippen LogP contribution in [0.3, 0.4) is 0 Å². The highest BCUT2D eigenvalue weighted by Gasteiger charge is 2.27. The van der Waals surface area contributed by atoms with Crippen molar-refractivity contribution in [3.63, 3.8) is 0 Å². The summed E-state index contributed by atoms with van der Waals surface area (Å²) >= 11 is 5.99. The molecule has 5 nitrogen and oxygen atoms in total. The number of ether oxygens (including phenoxy) is 1. The fraction of sp³-hybridized carbons (Fsp3) is 0.130. The Morgan fingerprint density at radius 2 is 1.86 bits per heavy atom. The minimum absolute atomic E-state index is 0.0101. The van der Waals surface area contributed by atoms with E-state index in [0.29, 0.717) is 23.0 Å². The molecule has 2 amide bonds. The molecule has 0 bridgehead atoms. The monoisotopic (exact) mass is 406 g/mol. The number of amides is 2. The minimum Gasteiger partial charge on any atom is -0.484 e. The molecule has 0 saturated heterocycles. The largest absolute Gasteiger partial charge is 0.484 e. The molecule has 0 unspecified atom stereocenters. The first-order valence-corrected chi connectivity index (χ1v) is 9.58. The molecule has 0 aromatic heterocycles. The Morgan fingerprint density at radius 1 is 1.10 bits per heavy atom. The van der Waals surface area contributed by atoms with Gasteiger partial charge in [0.15, 0.2) is 6.61 Å². The highest BCUT2D eigenvalue weighted by atomic mass is 35.5. The summed E-state index contributed by atoms with van der Waals surface area (Å²) in [6.45, 7) is 2.32. The van der Waals surface area contributed by atoms with Gasteiger partial charge in [-0.05, 0) is 66.6 Å². The third-order valence-electron chi connectivity index (χ3n) is 4.78. The molecule has 29 heavy (non-hydrogen) atoms. The second kappa shape index (κ2) is 7.97. The molecule has 0 atom stereocenters. The number of carbonyl (C=O) groups is 2. The summed E-state index contributed by atoms with van der Waals surface area (Å²) in [5, 5.41) is 3.45.